The number of halogens is 3. The molecule has 9 nitrogen and oxygen atoms in total. The van der Waals surface area contributed by atoms with E-state index in [1.54, 1.807) is 26.1 Å². The Labute approximate surface area is 219 Å². The molecule has 12 heteroatoms. The Bertz CT molecular complexity index is 1060. The summed E-state index contributed by atoms with van der Waals surface area (Å²) < 4.78 is 40.1. The third-order valence-corrected chi connectivity index (χ3v) is 7.77. The standard InChI is InChI=1S/C26H34F3N5O4/c1-15(30-2)22(35)32-20-14-33(24(37)17-11-26(28,29)12-17)10-9-19-7-8-21(34(19)25(20)38)23(36)31-13-16-3-5-18(27)6-4-16/h3-6,15,17,19-21,30H,7-14H2,1-2H3,(H,31,36)(H,32,35)/t15-,19+,20-,21-/m0/s1. The fraction of sp³-hybridized carbons (Fsp3) is 0.615. The first-order valence-electron chi connectivity index (χ1n) is 13.0. The second-order valence-electron chi connectivity index (χ2n) is 10.4. The van der Waals surface area contributed by atoms with Crippen LogP contribution in [-0.4, -0.2) is 83.7 Å². The summed E-state index contributed by atoms with van der Waals surface area (Å²) in [5.41, 5.74) is 0.704. The Balaban J connectivity index is 1.50. The summed E-state index contributed by atoms with van der Waals surface area (Å²) in [7, 11) is 1.59. The molecule has 0 aromatic heterocycles. The Morgan fingerprint density at radius 2 is 1.79 bits per heavy atom. The van der Waals surface area contributed by atoms with Crippen molar-refractivity contribution < 1.29 is 32.3 Å². The van der Waals surface area contributed by atoms with E-state index in [1.807, 2.05) is 0 Å². The average molecular weight is 538 g/mol. The molecule has 3 aliphatic rings. The number of amides is 4. The summed E-state index contributed by atoms with van der Waals surface area (Å²) in [6, 6.07) is 2.87. The van der Waals surface area contributed by atoms with E-state index >= 15 is 0 Å². The van der Waals surface area contributed by atoms with Gasteiger partial charge in [-0.25, -0.2) is 13.2 Å². The van der Waals surface area contributed by atoms with Crippen LogP contribution in [0.25, 0.3) is 0 Å². The van der Waals surface area contributed by atoms with Crippen LogP contribution in [-0.2, 0) is 25.7 Å². The zero-order chi connectivity index (χ0) is 27.6. The highest BCUT2D eigenvalue weighted by molar-refractivity contribution is 5.94. The van der Waals surface area contributed by atoms with E-state index in [2.05, 4.69) is 16.0 Å². The number of hydrogen-bond donors (Lipinski definition) is 3. The predicted octanol–water partition coefficient (Wildman–Crippen LogP) is 1.17. The zero-order valence-corrected chi connectivity index (χ0v) is 21.5. The Kier molecular flexibility index (Phi) is 8.29. The SMILES string of the molecule is CN[C@@H](C)C(=O)N[C@H]1CN(C(=O)C2CC(F)(F)C2)CC[C@H]2CC[C@@H](C(=O)NCc3ccc(F)cc3)N2C1=O. The van der Waals surface area contributed by atoms with Crippen molar-refractivity contribution in [2.75, 3.05) is 20.1 Å². The summed E-state index contributed by atoms with van der Waals surface area (Å²) in [6.45, 7) is 1.85. The van der Waals surface area contributed by atoms with Crippen molar-refractivity contribution >= 4 is 23.6 Å². The second kappa shape index (κ2) is 11.3. The maximum absolute atomic E-state index is 13.8. The summed E-state index contributed by atoms with van der Waals surface area (Å²) >= 11 is 0. The molecule has 1 aliphatic carbocycles. The molecule has 38 heavy (non-hydrogen) atoms. The molecule has 0 spiro atoms. The minimum Gasteiger partial charge on any atom is -0.350 e. The number of alkyl halides is 2. The Hall–Kier alpha value is -3.15. The molecular formula is C26H34F3N5O4. The lowest BCUT2D eigenvalue weighted by atomic mass is 9.80. The first-order valence-corrected chi connectivity index (χ1v) is 13.0. The normalized spacial score (nSPS) is 26.0. The van der Waals surface area contributed by atoms with Gasteiger partial charge in [0.1, 0.15) is 17.9 Å². The van der Waals surface area contributed by atoms with Gasteiger partial charge in [-0.05, 0) is 50.9 Å². The molecule has 0 bridgehead atoms. The maximum Gasteiger partial charge on any atom is 0.249 e. The van der Waals surface area contributed by atoms with Crippen molar-refractivity contribution in [3.05, 3.63) is 35.6 Å². The lowest BCUT2D eigenvalue weighted by Crippen LogP contribution is -2.63. The van der Waals surface area contributed by atoms with Gasteiger partial charge < -0.3 is 25.8 Å². The number of hydrogen-bond acceptors (Lipinski definition) is 5. The van der Waals surface area contributed by atoms with Gasteiger partial charge in [0.15, 0.2) is 0 Å². The fourth-order valence-electron chi connectivity index (χ4n) is 5.37. The van der Waals surface area contributed by atoms with Crippen LogP contribution in [0.3, 0.4) is 0 Å². The van der Waals surface area contributed by atoms with Gasteiger partial charge in [0.05, 0.1) is 6.04 Å². The molecule has 1 aromatic rings. The molecule has 4 rings (SSSR count). The van der Waals surface area contributed by atoms with Gasteiger partial charge in [-0.3, -0.25) is 19.2 Å². The van der Waals surface area contributed by atoms with Crippen molar-refractivity contribution in [1.29, 1.82) is 0 Å². The molecule has 3 N–H and O–H groups in total. The lowest BCUT2D eigenvalue weighted by molar-refractivity contribution is -0.162. The number of benzene rings is 1. The summed E-state index contributed by atoms with van der Waals surface area (Å²) in [6.07, 6.45) is 0.293. The monoisotopic (exact) mass is 537 g/mol. The van der Waals surface area contributed by atoms with E-state index in [0.29, 0.717) is 24.8 Å². The second-order valence-corrected chi connectivity index (χ2v) is 10.4. The molecule has 208 valence electrons. The van der Waals surface area contributed by atoms with Gasteiger partial charge in [-0.15, -0.1) is 0 Å². The molecule has 3 fully saturated rings. The van der Waals surface area contributed by atoms with Crippen molar-refractivity contribution in [3.63, 3.8) is 0 Å². The van der Waals surface area contributed by atoms with Crippen LogP contribution >= 0.6 is 0 Å². The van der Waals surface area contributed by atoms with E-state index in [0.717, 1.165) is 0 Å². The largest absolute Gasteiger partial charge is 0.350 e. The van der Waals surface area contributed by atoms with Gasteiger partial charge in [-0.1, -0.05) is 12.1 Å². The predicted molar refractivity (Wildman–Crippen MR) is 131 cm³/mol. The van der Waals surface area contributed by atoms with E-state index in [9.17, 15) is 32.3 Å². The van der Waals surface area contributed by atoms with Crippen molar-refractivity contribution in [2.45, 2.75) is 75.7 Å². The van der Waals surface area contributed by atoms with E-state index in [1.165, 1.54) is 21.9 Å². The third kappa shape index (κ3) is 6.11. The van der Waals surface area contributed by atoms with Crippen LogP contribution in [0.15, 0.2) is 24.3 Å². The van der Waals surface area contributed by atoms with Crippen LogP contribution in [0, 0.1) is 11.7 Å². The van der Waals surface area contributed by atoms with Gasteiger partial charge in [-0.2, -0.15) is 0 Å². The van der Waals surface area contributed by atoms with Gasteiger partial charge in [0.2, 0.25) is 29.6 Å². The molecule has 2 aliphatic heterocycles. The minimum atomic E-state index is -2.86. The highest BCUT2D eigenvalue weighted by Crippen LogP contribution is 2.43. The maximum atomic E-state index is 13.8. The van der Waals surface area contributed by atoms with Crippen LogP contribution in [0.1, 0.15) is 44.6 Å². The number of nitrogens with zero attached hydrogens (tertiary/aromatic N) is 2. The van der Waals surface area contributed by atoms with Crippen LogP contribution in [0.2, 0.25) is 0 Å². The van der Waals surface area contributed by atoms with Crippen LogP contribution in [0.4, 0.5) is 13.2 Å². The molecule has 2 heterocycles. The first kappa shape index (κ1) is 27.9. The fourth-order valence-corrected chi connectivity index (χ4v) is 5.37. The van der Waals surface area contributed by atoms with Crippen LogP contribution in [0.5, 0.6) is 0 Å². The van der Waals surface area contributed by atoms with E-state index in [4.69, 9.17) is 0 Å². The Morgan fingerprint density at radius 1 is 1.11 bits per heavy atom. The van der Waals surface area contributed by atoms with E-state index in [-0.39, 0.29) is 37.4 Å². The smallest absolute Gasteiger partial charge is 0.249 e. The number of carbonyl (C=O) groups excluding carboxylic acids is 4. The topological polar surface area (TPSA) is 111 Å². The molecule has 4 amide bonds. The van der Waals surface area contributed by atoms with Gasteiger partial charge in [0.25, 0.3) is 0 Å². The number of rotatable bonds is 7. The molecule has 4 atom stereocenters. The van der Waals surface area contributed by atoms with E-state index < -0.39 is 60.5 Å². The highest BCUT2D eigenvalue weighted by Gasteiger charge is 2.51. The lowest BCUT2D eigenvalue weighted by Gasteiger charge is -2.42. The average Bonchev–Trinajstić information content (AvgIpc) is 3.29. The zero-order valence-electron chi connectivity index (χ0n) is 21.5. The number of carbonyl (C=O) groups is 4. The summed E-state index contributed by atoms with van der Waals surface area (Å²) in [5.74, 6) is -5.79. The third-order valence-electron chi connectivity index (χ3n) is 7.77. The van der Waals surface area contributed by atoms with Gasteiger partial charge >= 0.3 is 0 Å². The summed E-state index contributed by atoms with van der Waals surface area (Å²) in [4.78, 5) is 55.5. The molecular weight excluding hydrogens is 503 g/mol. The molecule has 1 aromatic carbocycles. The minimum absolute atomic E-state index is 0.158. The molecule has 0 unspecified atom stereocenters. The number of fused-ring (bicyclic) bond motifs is 1. The number of likely N-dealkylation sites (N-methyl/N-ethyl adjacent to an activating group) is 1. The molecule has 0 radical (unpaired) electrons. The van der Waals surface area contributed by atoms with Crippen molar-refractivity contribution in [3.8, 4) is 0 Å². The summed E-state index contributed by atoms with van der Waals surface area (Å²) in [5, 5.41) is 8.30. The molecule has 1 saturated carbocycles. The van der Waals surface area contributed by atoms with Crippen molar-refractivity contribution in [2.24, 2.45) is 5.92 Å². The van der Waals surface area contributed by atoms with Gasteiger partial charge in [0, 0.05) is 44.4 Å². The first-order chi connectivity index (χ1) is 18.0. The van der Waals surface area contributed by atoms with Crippen LogP contribution < -0.4 is 16.0 Å². The highest BCUT2D eigenvalue weighted by atomic mass is 19.3. The molecule has 2 saturated heterocycles. The number of nitrogens with one attached hydrogen (secondary N) is 3. The van der Waals surface area contributed by atoms with Crippen molar-refractivity contribution in [1.82, 2.24) is 25.8 Å². The Morgan fingerprint density at radius 3 is 2.42 bits per heavy atom. The quantitative estimate of drug-likeness (QED) is 0.484.